The van der Waals surface area contributed by atoms with E-state index in [2.05, 4.69) is 37.9 Å². The van der Waals surface area contributed by atoms with Gasteiger partial charge in [-0.05, 0) is 42.0 Å². The topological polar surface area (TPSA) is 0 Å². The highest BCUT2D eigenvalue weighted by Crippen LogP contribution is 2.27. The Balaban J connectivity index is 2.67. The number of thiophene rings is 1. The molecule has 0 aliphatic heterocycles. The van der Waals surface area contributed by atoms with E-state index in [1.165, 1.54) is 16.9 Å². The molecule has 1 atom stereocenters. The maximum atomic E-state index is 4.23. The first kappa shape index (κ1) is 9.14. The molecule has 0 nitrogen and oxygen atoms in total. The molecule has 1 unspecified atom stereocenters. The lowest BCUT2D eigenvalue weighted by atomic mass is 10.0. The molecule has 0 aliphatic rings. The largest absolute Gasteiger partial charge is 0.179 e. The van der Waals surface area contributed by atoms with Crippen molar-refractivity contribution >= 4 is 24.0 Å². The molecule has 0 saturated carbocycles. The minimum Gasteiger partial charge on any atom is -0.179 e. The van der Waals surface area contributed by atoms with Gasteiger partial charge in [0, 0.05) is 4.88 Å². The SMILES string of the molecule is Cc1ccsc1C(C)CCS. The quantitative estimate of drug-likeness (QED) is 0.686. The molecule has 0 aromatic carbocycles. The van der Waals surface area contributed by atoms with Gasteiger partial charge in [-0.2, -0.15) is 12.6 Å². The highest BCUT2D eigenvalue weighted by atomic mass is 32.1. The van der Waals surface area contributed by atoms with Gasteiger partial charge in [0.15, 0.2) is 0 Å². The van der Waals surface area contributed by atoms with E-state index < -0.39 is 0 Å². The van der Waals surface area contributed by atoms with Crippen LogP contribution in [0.4, 0.5) is 0 Å². The monoisotopic (exact) mass is 186 g/mol. The van der Waals surface area contributed by atoms with Gasteiger partial charge in [0.1, 0.15) is 0 Å². The van der Waals surface area contributed by atoms with Crippen molar-refractivity contribution < 1.29 is 0 Å². The van der Waals surface area contributed by atoms with Gasteiger partial charge in [0.25, 0.3) is 0 Å². The normalized spacial score (nSPS) is 13.4. The summed E-state index contributed by atoms with van der Waals surface area (Å²) in [6.45, 7) is 4.45. The standard InChI is InChI=1S/C9H14S2/c1-7(3-5-10)9-8(2)4-6-11-9/h4,6-7,10H,3,5H2,1-2H3. The van der Waals surface area contributed by atoms with Crippen molar-refractivity contribution in [3.05, 3.63) is 21.9 Å². The van der Waals surface area contributed by atoms with E-state index >= 15 is 0 Å². The molecular formula is C9H14S2. The summed E-state index contributed by atoms with van der Waals surface area (Å²) in [6.07, 6.45) is 1.18. The maximum Gasteiger partial charge on any atom is 0.0103 e. The number of rotatable bonds is 3. The summed E-state index contributed by atoms with van der Waals surface area (Å²) < 4.78 is 0. The van der Waals surface area contributed by atoms with Crippen LogP contribution in [0.1, 0.15) is 29.7 Å². The Kier molecular flexibility index (Phi) is 3.46. The maximum absolute atomic E-state index is 4.23. The molecule has 2 heteroatoms. The number of hydrogen-bond donors (Lipinski definition) is 1. The van der Waals surface area contributed by atoms with Gasteiger partial charge >= 0.3 is 0 Å². The predicted molar refractivity (Wildman–Crippen MR) is 55.9 cm³/mol. The third kappa shape index (κ3) is 2.24. The van der Waals surface area contributed by atoms with Crippen LogP contribution in [-0.4, -0.2) is 5.75 Å². The molecule has 0 N–H and O–H groups in total. The summed E-state index contributed by atoms with van der Waals surface area (Å²) in [7, 11) is 0. The van der Waals surface area contributed by atoms with E-state index in [-0.39, 0.29) is 0 Å². The fourth-order valence-corrected chi connectivity index (χ4v) is 2.62. The van der Waals surface area contributed by atoms with E-state index in [1.54, 1.807) is 0 Å². The first-order valence-electron chi connectivity index (χ1n) is 3.90. The molecule has 0 bridgehead atoms. The smallest absolute Gasteiger partial charge is 0.0103 e. The van der Waals surface area contributed by atoms with Crippen molar-refractivity contribution in [1.82, 2.24) is 0 Å². The molecule has 1 heterocycles. The van der Waals surface area contributed by atoms with Gasteiger partial charge < -0.3 is 0 Å². The zero-order valence-electron chi connectivity index (χ0n) is 7.00. The van der Waals surface area contributed by atoms with Crippen LogP contribution in [0.5, 0.6) is 0 Å². The summed E-state index contributed by atoms with van der Waals surface area (Å²) in [5.41, 5.74) is 1.43. The molecular weight excluding hydrogens is 172 g/mol. The highest BCUT2D eigenvalue weighted by Gasteiger charge is 2.07. The van der Waals surface area contributed by atoms with Crippen molar-refractivity contribution in [3.63, 3.8) is 0 Å². The first-order chi connectivity index (χ1) is 5.25. The van der Waals surface area contributed by atoms with Crippen molar-refractivity contribution in [2.24, 2.45) is 0 Å². The molecule has 0 saturated heterocycles. The van der Waals surface area contributed by atoms with E-state index in [0.29, 0.717) is 5.92 Å². The Labute approximate surface area is 78.1 Å². The molecule has 1 aromatic rings. The Morgan fingerprint density at radius 1 is 1.64 bits per heavy atom. The second kappa shape index (κ2) is 4.17. The number of aryl methyl sites for hydroxylation is 1. The third-order valence-corrected chi connectivity index (χ3v) is 3.42. The van der Waals surface area contributed by atoms with E-state index in [0.717, 1.165) is 5.75 Å². The summed E-state index contributed by atoms with van der Waals surface area (Å²) in [5, 5.41) is 2.17. The zero-order chi connectivity index (χ0) is 8.27. The number of thiol groups is 1. The highest BCUT2D eigenvalue weighted by molar-refractivity contribution is 7.80. The van der Waals surface area contributed by atoms with Crippen LogP contribution in [0.2, 0.25) is 0 Å². The molecule has 11 heavy (non-hydrogen) atoms. The Hall–Kier alpha value is 0.0500. The fourth-order valence-electron chi connectivity index (χ4n) is 1.21. The number of hydrogen-bond acceptors (Lipinski definition) is 2. The minimum absolute atomic E-state index is 0.687. The molecule has 0 radical (unpaired) electrons. The van der Waals surface area contributed by atoms with Crippen LogP contribution in [0, 0.1) is 6.92 Å². The Morgan fingerprint density at radius 3 is 2.82 bits per heavy atom. The lowest BCUT2D eigenvalue weighted by Gasteiger charge is -2.07. The molecule has 1 aromatic heterocycles. The van der Waals surface area contributed by atoms with Gasteiger partial charge in [0.05, 0.1) is 0 Å². The molecule has 0 spiro atoms. The van der Waals surface area contributed by atoms with Crippen LogP contribution >= 0.6 is 24.0 Å². The van der Waals surface area contributed by atoms with Gasteiger partial charge in [-0.25, -0.2) is 0 Å². The lowest BCUT2D eigenvalue weighted by Crippen LogP contribution is -1.92. The summed E-state index contributed by atoms with van der Waals surface area (Å²) in [6, 6.07) is 2.19. The van der Waals surface area contributed by atoms with Crippen molar-refractivity contribution in [3.8, 4) is 0 Å². The second-order valence-electron chi connectivity index (χ2n) is 2.88. The average Bonchev–Trinajstić information content (AvgIpc) is 2.36. The minimum atomic E-state index is 0.687. The summed E-state index contributed by atoms with van der Waals surface area (Å²) in [4.78, 5) is 1.53. The molecule has 0 amide bonds. The van der Waals surface area contributed by atoms with E-state index in [1.807, 2.05) is 11.3 Å². The van der Waals surface area contributed by atoms with E-state index in [4.69, 9.17) is 0 Å². The van der Waals surface area contributed by atoms with E-state index in [9.17, 15) is 0 Å². The second-order valence-corrected chi connectivity index (χ2v) is 4.28. The van der Waals surface area contributed by atoms with Crippen LogP contribution in [-0.2, 0) is 0 Å². The molecule has 0 fully saturated rings. The summed E-state index contributed by atoms with van der Waals surface area (Å²) >= 11 is 6.09. The van der Waals surface area contributed by atoms with Crippen LogP contribution in [0.25, 0.3) is 0 Å². The summed E-state index contributed by atoms with van der Waals surface area (Å²) in [5.74, 6) is 1.67. The first-order valence-corrected chi connectivity index (χ1v) is 5.41. The van der Waals surface area contributed by atoms with Crippen molar-refractivity contribution in [2.75, 3.05) is 5.75 Å². The fraction of sp³-hybridized carbons (Fsp3) is 0.556. The van der Waals surface area contributed by atoms with Crippen LogP contribution < -0.4 is 0 Å². The van der Waals surface area contributed by atoms with Gasteiger partial charge in [-0.15, -0.1) is 11.3 Å². The van der Waals surface area contributed by atoms with Crippen molar-refractivity contribution in [2.45, 2.75) is 26.2 Å². The van der Waals surface area contributed by atoms with Crippen LogP contribution in [0.3, 0.4) is 0 Å². The Bertz CT molecular complexity index is 215. The molecule has 0 aliphatic carbocycles. The average molecular weight is 186 g/mol. The van der Waals surface area contributed by atoms with Gasteiger partial charge in [-0.1, -0.05) is 6.92 Å². The predicted octanol–water partition coefficient (Wildman–Crippen LogP) is 3.48. The Morgan fingerprint density at radius 2 is 2.36 bits per heavy atom. The van der Waals surface area contributed by atoms with Crippen molar-refractivity contribution in [1.29, 1.82) is 0 Å². The molecule has 1 rings (SSSR count). The third-order valence-electron chi connectivity index (χ3n) is 1.91. The van der Waals surface area contributed by atoms with Gasteiger partial charge in [-0.3, -0.25) is 0 Å². The molecule has 62 valence electrons. The van der Waals surface area contributed by atoms with Crippen LogP contribution in [0.15, 0.2) is 11.4 Å². The van der Waals surface area contributed by atoms with Gasteiger partial charge in [0.2, 0.25) is 0 Å². The zero-order valence-corrected chi connectivity index (χ0v) is 8.71. The lowest BCUT2D eigenvalue weighted by molar-refractivity contribution is 0.752.